The summed E-state index contributed by atoms with van der Waals surface area (Å²) in [6.45, 7) is 7.48. The average Bonchev–Trinajstić information content (AvgIpc) is 3.23. The van der Waals surface area contributed by atoms with Gasteiger partial charge >= 0.3 is 6.09 Å². The van der Waals surface area contributed by atoms with Gasteiger partial charge in [-0.3, -0.25) is 0 Å². The van der Waals surface area contributed by atoms with E-state index in [2.05, 4.69) is 21.6 Å². The largest absolute Gasteiger partial charge is 0.444 e. The maximum absolute atomic E-state index is 12.2. The fraction of sp³-hybridized carbons (Fsp3) is 0.579. The van der Waals surface area contributed by atoms with E-state index in [1.807, 2.05) is 27.0 Å². The Hall–Kier alpha value is -2.08. The standard InChI is InChI=1S/C19H26N4O2/c1-19(2,3)25-18(24)23-9-14(10-23)16-6-13(12-4-5-12)8-22-11-15(7-20)21-17(16)22/h6,8,11-12,14H,4-5,7,9-10,20H2,1-3H3. The first-order valence-electron chi connectivity index (χ1n) is 9.03. The lowest BCUT2D eigenvalue weighted by atomic mass is 9.91. The number of rotatable bonds is 3. The van der Waals surface area contributed by atoms with Crippen molar-refractivity contribution in [2.45, 2.75) is 57.6 Å². The summed E-state index contributed by atoms with van der Waals surface area (Å²) in [6.07, 6.45) is 6.50. The van der Waals surface area contributed by atoms with Crippen molar-refractivity contribution < 1.29 is 9.53 Å². The van der Waals surface area contributed by atoms with Gasteiger partial charge < -0.3 is 19.8 Å². The summed E-state index contributed by atoms with van der Waals surface area (Å²) in [5.74, 6) is 0.982. The number of pyridine rings is 1. The number of carbonyl (C=O) groups is 1. The van der Waals surface area contributed by atoms with Crippen molar-refractivity contribution in [3.8, 4) is 0 Å². The van der Waals surface area contributed by atoms with Crippen LogP contribution in [0.1, 0.15) is 62.3 Å². The number of ether oxygens (including phenoxy) is 1. The molecule has 0 spiro atoms. The van der Waals surface area contributed by atoms with Crippen molar-refractivity contribution >= 4 is 11.7 Å². The van der Waals surface area contributed by atoms with Crippen molar-refractivity contribution in [3.63, 3.8) is 0 Å². The zero-order valence-electron chi connectivity index (χ0n) is 15.2. The molecule has 2 aliphatic rings. The number of likely N-dealkylation sites (tertiary alicyclic amines) is 1. The van der Waals surface area contributed by atoms with Crippen LogP contribution in [-0.2, 0) is 11.3 Å². The summed E-state index contributed by atoms with van der Waals surface area (Å²) in [4.78, 5) is 18.6. The Labute approximate surface area is 148 Å². The van der Waals surface area contributed by atoms with E-state index >= 15 is 0 Å². The molecule has 134 valence electrons. The van der Waals surface area contributed by atoms with E-state index in [4.69, 9.17) is 10.5 Å². The zero-order chi connectivity index (χ0) is 17.8. The molecule has 0 aromatic carbocycles. The quantitative estimate of drug-likeness (QED) is 0.930. The molecular formula is C19H26N4O2. The number of amides is 1. The summed E-state index contributed by atoms with van der Waals surface area (Å²) in [6, 6.07) is 2.29. The molecule has 1 saturated carbocycles. The number of hydrogen-bond donors (Lipinski definition) is 1. The van der Waals surface area contributed by atoms with E-state index in [0.29, 0.717) is 31.5 Å². The topological polar surface area (TPSA) is 72.9 Å². The molecule has 0 atom stereocenters. The Morgan fingerprint density at radius 2 is 2.00 bits per heavy atom. The van der Waals surface area contributed by atoms with Gasteiger partial charge in [0.05, 0.1) is 5.69 Å². The van der Waals surface area contributed by atoms with Gasteiger partial charge in [0.25, 0.3) is 0 Å². The molecule has 0 radical (unpaired) electrons. The number of imidazole rings is 1. The molecule has 6 heteroatoms. The van der Waals surface area contributed by atoms with E-state index in [0.717, 1.165) is 11.3 Å². The molecule has 2 aromatic rings. The van der Waals surface area contributed by atoms with Crippen molar-refractivity contribution in [1.29, 1.82) is 0 Å². The Bertz CT molecular complexity index is 811. The second-order valence-corrected chi connectivity index (χ2v) is 8.25. The first kappa shape index (κ1) is 16.4. The van der Waals surface area contributed by atoms with Crippen LogP contribution in [0.2, 0.25) is 0 Å². The minimum absolute atomic E-state index is 0.232. The molecule has 0 bridgehead atoms. The molecule has 2 N–H and O–H groups in total. The predicted molar refractivity (Wildman–Crippen MR) is 95.6 cm³/mol. The van der Waals surface area contributed by atoms with E-state index in [1.165, 1.54) is 24.0 Å². The van der Waals surface area contributed by atoms with Gasteiger partial charge in [-0.2, -0.15) is 0 Å². The van der Waals surface area contributed by atoms with Crippen LogP contribution in [-0.4, -0.2) is 39.1 Å². The first-order chi connectivity index (χ1) is 11.8. The Balaban J connectivity index is 1.57. The van der Waals surface area contributed by atoms with Gasteiger partial charge in [-0.1, -0.05) is 0 Å². The summed E-state index contributed by atoms with van der Waals surface area (Å²) in [7, 11) is 0. The van der Waals surface area contributed by atoms with Gasteiger partial charge in [0, 0.05) is 43.5 Å². The highest BCUT2D eigenvalue weighted by molar-refractivity contribution is 5.70. The second-order valence-electron chi connectivity index (χ2n) is 8.25. The second kappa shape index (κ2) is 5.73. The molecule has 1 aliphatic heterocycles. The normalized spacial score (nSPS) is 18.5. The highest BCUT2D eigenvalue weighted by Crippen LogP contribution is 2.42. The van der Waals surface area contributed by atoms with Crippen LogP contribution in [0, 0.1) is 0 Å². The number of aromatic nitrogens is 2. The van der Waals surface area contributed by atoms with E-state index in [1.54, 1.807) is 4.90 Å². The molecular weight excluding hydrogens is 316 g/mol. The summed E-state index contributed by atoms with van der Waals surface area (Å²) < 4.78 is 7.57. The maximum atomic E-state index is 12.2. The summed E-state index contributed by atoms with van der Waals surface area (Å²) in [5, 5.41) is 0. The monoisotopic (exact) mass is 342 g/mol. The molecule has 2 aromatic heterocycles. The first-order valence-corrected chi connectivity index (χ1v) is 9.03. The van der Waals surface area contributed by atoms with Crippen molar-refractivity contribution in [1.82, 2.24) is 14.3 Å². The van der Waals surface area contributed by atoms with Gasteiger partial charge in [0.1, 0.15) is 11.2 Å². The summed E-state index contributed by atoms with van der Waals surface area (Å²) in [5.41, 5.74) is 9.79. The highest BCUT2D eigenvalue weighted by atomic mass is 16.6. The predicted octanol–water partition coefficient (Wildman–Crippen LogP) is 3.00. The SMILES string of the molecule is CC(C)(C)OC(=O)N1CC(c2cc(C3CC3)cn3cc(CN)nc23)C1. The van der Waals surface area contributed by atoms with Crippen LogP contribution in [0.25, 0.3) is 5.65 Å². The summed E-state index contributed by atoms with van der Waals surface area (Å²) >= 11 is 0. The average molecular weight is 342 g/mol. The maximum Gasteiger partial charge on any atom is 0.410 e. The minimum Gasteiger partial charge on any atom is -0.444 e. The van der Waals surface area contributed by atoms with Gasteiger partial charge in [0.2, 0.25) is 0 Å². The molecule has 1 aliphatic carbocycles. The van der Waals surface area contributed by atoms with Crippen LogP contribution in [0.15, 0.2) is 18.5 Å². The number of carbonyl (C=O) groups excluding carboxylic acids is 1. The number of hydrogen-bond acceptors (Lipinski definition) is 4. The van der Waals surface area contributed by atoms with Crippen LogP contribution in [0.4, 0.5) is 4.79 Å². The minimum atomic E-state index is -0.458. The van der Waals surface area contributed by atoms with Crippen molar-refractivity contribution in [3.05, 3.63) is 35.3 Å². The molecule has 1 saturated heterocycles. The van der Waals surface area contributed by atoms with Gasteiger partial charge in [0.15, 0.2) is 0 Å². The van der Waals surface area contributed by atoms with Gasteiger partial charge in [-0.05, 0) is 51.2 Å². The Morgan fingerprint density at radius 1 is 1.28 bits per heavy atom. The molecule has 6 nitrogen and oxygen atoms in total. The molecule has 25 heavy (non-hydrogen) atoms. The van der Waals surface area contributed by atoms with Gasteiger partial charge in [-0.25, -0.2) is 9.78 Å². The van der Waals surface area contributed by atoms with Crippen molar-refractivity contribution in [2.75, 3.05) is 13.1 Å². The van der Waals surface area contributed by atoms with Crippen molar-refractivity contribution in [2.24, 2.45) is 5.73 Å². The number of nitrogens with zero attached hydrogens (tertiary/aromatic N) is 3. The van der Waals surface area contributed by atoms with Crippen LogP contribution < -0.4 is 5.73 Å². The smallest absolute Gasteiger partial charge is 0.410 e. The molecule has 4 rings (SSSR count). The molecule has 2 fully saturated rings. The lowest BCUT2D eigenvalue weighted by Crippen LogP contribution is -2.50. The molecule has 0 unspecified atom stereocenters. The zero-order valence-corrected chi connectivity index (χ0v) is 15.2. The fourth-order valence-electron chi connectivity index (χ4n) is 3.39. The van der Waals surface area contributed by atoms with E-state index < -0.39 is 5.60 Å². The number of fused-ring (bicyclic) bond motifs is 1. The third-order valence-corrected chi connectivity index (χ3v) is 4.88. The van der Waals surface area contributed by atoms with E-state index in [9.17, 15) is 4.79 Å². The lowest BCUT2D eigenvalue weighted by molar-refractivity contribution is 0.00825. The Kier molecular flexibility index (Phi) is 3.76. The lowest BCUT2D eigenvalue weighted by Gasteiger charge is -2.40. The fourth-order valence-corrected chi connectivity index (χ4v) is 3.39. The highest BCUT2D eigenvalue weighted by Gasteiger charge is 2.36. The van der Waals surface area contributed by atoms with Crippen LogP contribution in [0.3, 0.4) is 0 Å². The molecule has 3 heterocycles. The number of nitrogens with two attached hydrogens (primary N) is 1. The van der Waals surface area contributed by atoms with E-state index in [-0.39, 0.29) is 6.09 Å². The van der Waals surface area contributed by atoms with Crippen LogP contribution >= 0.6 is 0 Å². The van der Waals surface area contributed by atoms with Gasteiger partial charge in [-0.15, -0.1) is 0 Å². The third-order valence-electron chi connectivity index (χ3n) is 4.88. The Morgan fingerprint density at radius 3 is 2.60 bits per heavy atom. The van der Waals surface area contributed by atoms with Crippen LogP contribution in [0.5, 0.6) is 0 Å². The third kappa shape index (κ3) is 3.23. The molecule has 1 amide bonds.